The topological polar surface area (TPSA) is 237 Å². The Hall–Kier alpha value is -1.94. The van der Waals surface area contributed by atoms with E-state index in [9.17, 15) is 43.2 Å². The molecule has 0 aromatic rings. The Morgan fingerprint density at radius 3 is 0.816 bits per heavy atom. The van der Waals surface area contributed by atoms with Crippen LogP contribution in [0.15, 0.2) is 0 Å². The van der Waals surface area contributed by atoms with Gasteiger partial charge >= 0.3 is 39.5 Å². The average molecular weight is 1280 g/mol. The lowest BCUT2D eigenvalue weighted by molar-refractivity contribution is -0.161. The van der Waals surface area contributed by atoms with E-state index in [0.29, 0.717) is 25.7 Å². The number of carbonyl (C=O) groups excluding carboxylic acids is 4. The number of carbonyl (C=O) groups is 4. The Balaban J connectivity index is 5.06. The quantitative estimate of drug-likeness (QED) is 0.0222. The van der Waals surface area contributed by atoms with Crippen molar-refractivity contribution in [3.63, 3.8) is 0 Å². The van der Waals surface area contributed by atoms with Crippen LogP contribution >= 0.6 is 15.6 Å². The summed E-state index contributed by atoms with van der Waals surface area (Å²) in [4.78, 5) is 72.0. The van der Waals surface area contributed by atoms with Crippen LogP contribution in [-0.4, -0.2) is 96.7 Å². The third-order valence-corrected chi connectivity index (χ3v) is 18.0. The molecule has 0 aliphatic heterocycles. The van der Waals surface area contributed by atoms with E-state index in [1.54, 1.807) is 0 Å². The number of aliphatic hydroxyl groups is 1. The van der Waals surface area contributed by atoms with E-state index in [-0.39, 0.29) is 25.7 Å². The van der Waals surface area contributed by atoms with E-state index in [1.165, 1.54) is 154 Å². The summed E-state index contributed by atoms with van der Waals surface area (Å²) < 4.78 is 67.8. The van der Waals surface area contributed by atoms with Gasteiger partial charge in [-0.3, -0.25) is 37.3 Å². The van der Waals surface area contributed by atoms with Gasteiger partial charge in [-0.25, -0.2) is 9.13 Å². The molecule has 0 radical (unpaired) electrons. The minimum absolute atomic E-state index is 0.103. The molecule has 19 heteroatoms. The van der Waals surface area contributed by atoms with Gasteiger partial charge in [-0.15, -0.1) is 0 Å². The van der Waals surface area contributed by atoms with E-state index in [2.05, 4.69) is 34.6 Å². The zero-order chi connectivity index (χ0) is 64.2. The first-order valence-corrected chi connectivity index (χ1v) is 38.7. The van der Waals surface area contributed by atoms with Gasteiger partial charge in [-0.05, 0) is 31.6 Å². The third-order valence-electron chi connectivity index (χ3n) is 16.1. The summed E-state index contributed by atoms with van der Waals surface area (Å²) in [6, 6.07) is 0. The Kier molecular flexibility index (Phi) is 60.2. The summed E-state index contributed by atoms with van der Waals surface area (Å²) >= 11 is 0. The van der Waals surface area contributed by atoms with Crippen LogP contribution in [-0.2, 0) is 65.4 Å². The van der Waals surface area contributed by atoms with E-state index < -0.39 is 97.5 Å². The second-order valence-electron chi connectivity index (χ2n) is 24.8. The average Bonchev–Trinajstić information content (AvgIpc) is 3.70. The highest BCUT2D eigenvalue weighted by Crippen LogP contribution is 2.45. The minimum Gasteiger partial charge on any atom is -0.462 e. The van der Waals surface area contributed by atoms with Gasteiger partial charge in [0, 0.05) is 25.7 Å². The molecule has 3 N–H and O–H groups in total. The lowest BCUT2D eigenvalue weighted by atomic mass is 9.99. The van der Waals surface area contributed by atoms with Crippen LogP contribution in [0.3, 0.4) is 0 Å². The van der Waals surface area contributed by atoms with Gasteiger partial charge < -0.3 is 33.8 Å². The van der Waals surface area contributed by atoms with Crippen molar-refractivity contribution >= 4 is 39.5 Å². The Bertz CT molecular complexity index is 1690. The smallest absolute Gasteiger partial charge is 0.462 e. The van der Waals surface area contributed by atoms with Gasteiger partial charge in [0.1, 0.15) is 19.3 Å². The lowest BCUT2D eigenvalue weighted by Gasteiger charge is -2.21. The molecule has 0 amide bonds. The van der Waals surface area contributed by atoms with Crippen LogP contribution in [0.25, 0.3) is 0 Å². The molecule has 0 heterocycles. The number of rotatable bonds is 68. The largest absolute Gasteiger partial charge is 0.472 e. The van der Waals surface area contributed by atoms with Gasteiger partial charge in [0.2, 0.25) is 0 Å². The van der Waals surface area contributed by atoms with Crippen molar-refractivity contribution in [1.82, 2.24) is 0 Å². The highest BCUT2D eigenvalue weighted by molar-refractivity contribution is 7.47. The molecular formula is C68H132O17P2. The normalized spacial score (nSPS) is 14.4. The van der Waals surface area contributed by atoms with Crippen LogP contribution in [0.2, 0.25) is 0 Å². The van der Waals surface area contributed by atoms with E-state index in [1.807, 2.05) is 0 Å². The van der Waals surface area contributed by atoms with Gasteiger partial charge in [0.15, 0.2) is 12.2 Å². The second kappa shape index (κ2) is 61.6. The molecule has 17 nitrogen and oxygen atoms in total. The van der Waals surface area contributed by atoms with Gasteiger partial charge in [0.05, 0.1) is 26.4 Å². The SMILES string of the molecule is CCCCCCCCCCCCCCCC(=O)OC[C@H](COP(=O)(O)OC[C@@H](O)COP(=O)(O)OC[C@@H](COC(=O)CCCCCCC)OC(=O)CCCCCCCCC)OC(=O)CCCCCCCCCCCCCCCCCCCCC(C)CC. The summed E-state index contributed by atoms with van der Waals surface area (Å²) in [5, 5.41) is 10.5. The summed E-state index contributed by atoms with van der Waals surface area (Å²) in [6.45, 7) is 7.16. The Labute approximate surface area is 530 Å². The Morgan fingerprint density at radius 2 is 0.552 bits per heavy atom. The number of phosphoric ester groups is 2. The molecule has 0 rings (SSSR count). The highest BCUT2D eigenvalue weighted by atomic mass is 31.2. The second-order valence-corrected chi connectivity index (χ2v) is 27.7. The van der Waals surface area contributed by atoms with Crippen LogP contribution in [0.5, 0.6) is 0 Å². The van der Waals surface area contributed by atoms with Crippen LogP contribution in [0.1, 0.15) is 349 Å². The molecule has 87 heavy (non-hydrogen) atoms. The number of aliphatic hydroxyl groups excluding tert-OH is 1. The number of unbranched alkanes of at least 4 members (excludes halogenated alkanes) is 39. The number of hydrogen-bond donors (Lipinski definition) is 3. The zero-order valence-corrected chi connectivity index (χ0v) is 57.9. The summed E-state index contributed by atoms with van der Waals surface area (Å²) in [7, 11) is -9.88. The van der Waals surface area contributed by atoms with Crippen molar-refractivity contribution in [3.8, 4) is 0 Å². The molecule has 0 aliphatic rings. The van der Waals surface area contributed by atoms with E-state index in [4.69, 9.17) is 37.0 Å². The number of esters is 4. The Morgan fingerprint density at radius 1 is 0.322 bits per heavy atom. The fourth-order valence-electron chi connectivity index (χ4n) is 10.3. The predicted molar refractivity (Wildman–Crippen MR) is 349 cm³/mol. The van der Waals surface area contributed by atoms with Gasteiger partial charge in [-0.2, -0.15) is 0 Å². The molecule has 0 spiro atoms. The maximum absolute atomic E-state index is 13.0. The van der Waals surface area contributed by atoms with Crippen LogP contribution in [0.4, 0.5) is 0 Å². The number of phosphoric acid groups is 2. The maximum Gasteiger partial charge on any atom is 0.472 e. The van der Waals surface area contributed by atoms with Crippen molar-refractivity contribution in [2.24, 2.45) is 5.92 Å². The zero-order valence-electron chi connectivity index (χ0n) is 56.2. The lowest BCUT2D eigenvalue weighted by Crippen LogP contribution is -2.30. The molecule has 0 aromatic heterocycles. The maximum atomic E-state index is 13.0. The van der Waals surface area contributed by atoms with E-state index in [0.717, 1.165) is 115 Å². The molecule has 0 bridgehead atoms. The summed E-state index contributed by atoms with van der Waals surface area (Å²) in [5.41, 5.74) is 0. The predicted octanol–water partition coefficient (Wildman–Crippen LogP) is 19.4. The number of ether oxygens (including phenoxy) is 4. The first-order chi connectivity index (χ1) is 42.1. The molecule has 0 aromatic carbocycles. The fraction of sp³-hybridized carbons (Fsp3) is 0.941. The van der Waals surface area contributed by atoms with Crippen molar-refractivity contribution in [1.29, 1.82) is 0 Å². The highest BCUT2D eigenvalue weighted by Gasteiger charge is 2.30. The van der Waals surface area contributed by atoms with Gasteiger partial charge in [0.25, 0.3) is 0 Å². The number of hydrogen-bond acceptors (Lipinski definition) is 15. The monoisotopic (exact) mass is 1280 g/mol. The van der Waals surface area contributed by atoms with Crippen molar-refractivity contribution < 1.29 is 80.2 Å². The molecule has 6 atom stereocenters. The molecule has 516 valence electrons. The fourth-order valence-corrected chi connectivity index (χ4v) is 11.8. The molecule has 0 aliphatic carbocycles. The molecule has 0 fully saturated rings. The summed E-state index contributed by atoms with van der Waals surface area (Å²) in [5.74, 6) is -1.27. The van der Waals surface area contributed by atoms with Crippen molar-refractivity contribution in [2.75, 3.05) is 39.6 Å². The molecular weight excluding hydrogens is 1150 g/mol. The van der Waals surface area contributed by atoms with Crippen molar-refractivity contribution in [2.45, 2.75) is 368 Å². The van der Waals surface area contributed by atoms with Gasteiger partial charge in [-0.1, -0.05) is 298 Å². The first kappa shape index (κ1) is 85.1. The first-order valence-electron chi connectivity index (χ1n) is 35.7. The third kappa shape index (κ3) is 61.3. The van der Waals surface area contributed by atoms with Crippen molar-refractivity contribution in [3.05, 3.63) is 0 Å². The standard InChI is InChI=1S/C68H132O17P2/c1-6-10-13-16-18-19-20-27-31-34-38-42-47-52-66(71)79-58-64(85-68(73)54-49-44-39-35-32-29-26-24-22-21-23-25-28-30-33-37-41-45-50-61(5)9-4)60-83-87(76,77)81-56-62(69)55-80-86(74,75)82-59-63(57-78-65(70)51-46-40-15-12-8-3)84-67(72)53-48-43-36-17-14-11-7-2/h61-64,69H,6-60H2,1-5H3,(H,74,75)(H,76,77)/t61?,62-,63+,64+/m0/s1. The summed E-state index contributed by atoms with van der Waals surface area (Å²) in [6.07, 6.45) is 47.8. The van der Waals surface area contributed by atoms with Crippen LogP contribution in [0, 0.1) is 5.92 Å². The molecule has 3 unspecified atom stereocenters. The van der Waals surface area contributed by atoms with E-state index >= 15 is 0 Å². The van der Waals surface area contributed by atoms with Crippen LogP contribution < -0.4 is 0 Å². The molecule has 0 saturated carbocycles. The minimum atomic E-state index is -4.95. The molecule has 0 saturated heterocycles.